The highest BCUT2D eigenvalue weighted by atomic mass is 35.5. The number of rotatable bonds is 9. The molecule has 0 aliphatic carbocycles. The first-order valence-corrected chi connectivity index (χ1v) is 7.30. The maximum absolute atomic E-state index is 9.85. The lowest BCUT2D eigenvalue weighted by Crippen LogP contribution is -2.36. The minimum atomic E-state index is -0.527. The number of halogens is 1. The molecule has 0 heterocycles. The molecular formula is C15H24ClNO2. The molecule has 2 atom stereocenters. The van der Waals surface area contributed by atoms with Gasteiger partial charge in [-0.15, -0.1) is 0 Å². The van der Waals surface area contributed by atoms with Crippen LogP contribution >= 0.6 is 11.6 Å². The number of hydrogen-bond donors (Lipinski definition) is 2. The number of aliphatic hydroxyl groups is 1. The van der Waals surface area contributed by atoms with Crippen molar-refractivity contribution >= 4 is 11.6 Å². The molecule has 1 aromatic rings. The van der Waals surface area contributed by atoms with E-state index in [0.717, 1.165) is 6.42 Å². The normalized spacial score (nSPS) is 14.1. The van der Waals surface area contributed by atoms with E-state index < -0.39 is 6.10 Å². The maximum atomic E-state index is 9.85. The lowest BCUT2D eigenvalue weighted by molar-refractivity contribution is 0.104. The third-order valence-electron chi connectivity index (χ3n) is 2.96. The van der Waals surface area contributed by atoms with E-state index in [1.54, 1.807) is 12.1 Å². The van der Waals surface area contributed by atoms with Gasteiger partial charge in [0.1, 0.15) is 18.5 Å². The number of nitrogens with one attached hydrogen (secondary N) is 1. The lowest BCUT2D eigenvalue weighted by atomic mass is 10.1. The minimum absolute atomic E-state index is 0.247. The van der Waals surface area contributed by atoms with Gasteiger partial charge in [0.05, 0.1) is 5.02 Å². The van der Waals surface area contributed by atoms with E-state index in [9.17, 15) is 5.11 Å². The largest absolute Gasteiger partial charge is 0.489 e. The van der Waals surface area contributed by atoms with E-state index in [1.807, 2.05) is 12.1 Å². The Morgan fingerprint density at radius 1 is 1.37 bits per heavy atom. The van der Waals surface area contributed by atoms with E-state index in [4.69, 9.17) is 16.3 Å². The first-order chi connectivity index (χ1) is 9.13. The summed E-state index contributed by atoms with van der Waals surface area (Å²) in [6, 6.07) is 7.71. The molecule has 3 nitrogen and oxygen atoms in total. The van der Waals surface area contributed by atoms with Crippen LogP contribution in [0.15, 0.2) is 24.3 Å². The van der Waals surface area contributed by atoms with Gasteiger partial charge in [0.2, 0.25) is 0 Å². The average Bonchev–Trinajstić information content (AvgIpc) is 2.42. The second-order valence-electron chi connectivity index (χ2n) is 4.85. The van der Waals surface area contributed by atoms with Crippen molar-refractivity contribution in [2.75, 3.05) is 13.2 Å². The SMILES string of the molecule is CCCCC(C)NCC(O)COc1ccccc1Cl. The Morgan fingerprint density at radius 2 is 2.11 bits per heavy atom. The third kappa shape index (κ3) is 6.81. The van der Waals surface area contributed by atoms with E-state index in [1.165, 1.54) is 12.8 Å². The molecule has 1 rings (SSSR count). The topological polar surface area (TPSA) is 41.5 Å². The quantitative estimate of drug-likeness (QED) is 0.732. The number of benzene rings is 1. The van der Waals surface area contributed by atoms with Crippen molar-refractivity contribution in [2.45, 2.75) is 45.3 Å². The third-order valence-corrected chi connectivity index (χ3v) is 3.27. The summed E-state index contributed by atoms with van der Waals surface area (Å²) in [7, 11) is 0. The molecule has 0 spiro atoms. The van der Waals surface area contributed by atoms with Gasteiger partial charge in [0.25, 0.3) is 0 Å². The predicted octanol–water partition coefficient (Wildman–Crippen LogP) is 3.25. The maximum Gasteiger partial charge on any atom is 0.138 e. The molecule has 0 saturated carbocycles. The number of unbranched alkanes of at least 4 members (excludes halogenated alkanes) is 1. The first-order valence-electron chi connectivity index (χ1n) is 6.92. The molecule has 2 N–H and O–H groups in total. The molecular weight excluding hydrogens is 262 g/mol. The summed E-state index contributed by atoms with van der Waals surface area (Å²) in [5.41, 5.74) is 0. The molecule has 108 valence electrons. The lowest BCUT2D eigenvalue weighted by Gasteiger charge is -2.17. The highest BCUT2D eigenvalue weighted by Crippen LogP contribution is 2.23. The van der Waals surface area contributed by atoms with Gasteiger partial charge in [-0.3, -0.25) is 0 Å². The Hall–Kier alpha value is -0.770. The number of hydrogen-bond acceptors (Lipinski definition) is 3. The van der Waals surface area contributed by atoms with E-state index >= 15 is 0 Å². The van der Waals surface area contributed by atoms with Crippen molar-refractivity contribution in [3.63, 3.8) is 0 Å². The summed E-state index contributed by atoms with van der Waals surface area (Å²) in [6.45, 7) is 5.10. The molecule has 19 heavy (non-hydrogen) atoms. The molecule has 0 bridgehead atoms. The van der Waals surface area contributed by atoms with E-state index in [2.05, 4.69) is 19.2 Å². The molecule has 0 aromatic heterocycles. The highest BCUT2D eigenvalue weighted by Gasteiger charge is 2.08. The summed E-state index contributed by atoms with van der Waals surface area (Å²) in [5, 5.41) is 13.7. The Balaban J connectivity index is 2.21. The summed E-state index contributed by atoms with van der Waals surface area (Å²) < 4.78 is 5.49. The van der Waals surface area contributed by atoms with Gasteiger partial charge in [0, 0.05) is 12.6 Å². The standard InChI is InChI=1S/C15H24ClNO2/c1-3-4-7-12(2)17-10-13(18)11-19-15-9-6-5-8-14(15)16/h5-6,8-9,12-13,17-18H,3-4,7,10-11H2,1-2H3. The van der Waals surface area contributed by atoms with Crippen LogP contribution in [0.5, 0.6) is 5.75 Å². The fraction of sp³-hybridized carbons (Fsp3) is 0.600. The Labute approximate surface area is 120 Å². The van der Waals surface area contributed by atoms with Crippen LogP contribution in [0.4, 0.5) is 0 Å². The molecule has 0 aliphatic rings. The molecule has 0 fully saturated rings. The fourth-order valence-electron chi connectivity index (χ4n) is 1.76. The number of aliphatic hydroxyl groups excluding tert-OH is 1. The van der Waals surface area contributed by atoms with Gasteiger partial charge in [-0.2, -0.15) is 0 Å². The van der Waals surface area contributed by atoms with Crippen molar-refractivity contribution in [2.24, 2.45) is 0 Å². The molecule has 2 unspecified atom stereocenters. The van der Waals surface area contributed by atoms with Gasteiger partial charge in [-0.1, -0.05) is 43.5 Å². The average molecular weight is 286 g/mol. The molecule has 0 saturated heterocycles. The molecule has 0 radical (unpaired) electrons. The minimum Gasteiger partial charge on any atom is -0.489 e. The van der Waals surface area contributed by atoms with Crippen LogP contribution in [0, 0.1) is 0 Å². The van der Waals surface area contributed by atoms with Crippen LogP contribution in [0.2, 0.25) is 5.02 Å². The summed E-state index contributed by atoms with van der Waals surface area (Å²) >= 11 is 5.97. The summed E-state index contributed by atoms with van der Waals surface area (Å²) in [5.74, 6) is 0.613. The van der Waals surface area contributed by atoms with Crippen molar-refractivity contribution in [3.05, 3.63) is 29.3 Å². The van der Waals surface area contributed by atoms with Crippen LogP contribution in [-0.2, 0) is 0 Å². The first kappa shape index (κ1) is 16.3. The Bertz CT molecular complexity index is 360. The summed E-state index contributed by atoms with van der Waals surface area (Å²) in [6.07, 6.45) is 3.01. The van der Waals surface area contributed by atoms with E-state index in [-0.39, 0.29) is 6.61 Å². The predicted molar refractivity (Wildman–Crippen MR) is 79.9 cm³/mol. The molecule has 1 aromatic carbocycles. The van der Waals surface area contributed by atoms with Gasteiger partial charge < -0.3 is 15.2 Å². The highest BCUT2D eigenvalue weighted by molar-refractivity contribution is 6.32. The van der Waals surface area contributed by atoms with Gasteiger partial charge >= 0.3 is 0 Å². The van der Waals surface area contributed by atoms with Crippen LogP contribution in [0.3, 0.4) is 0 Å². The molecule has 4 heteroatoms. The number of para-hydroxylation sites is 1. The zero-order valence-electron chi connectivity index (χ0n) is 11.7. The zero-order chi connectivity index (χ0) is 14.1. The van der Waals surface area contributed by atoms with Crippen molar-refractivity contribution in [1.82, 2.24) is 5.32 Å². The van der Waals surface area contributed by atoms with Crippen molar-refractivity contribution < 1.29 is 9.84 Å². The van der Waals surface area contributed by atoms with Gasteiger partial charge in [-0.05, 0) is 25.5 Å². The fourth-order valence-corrected chi connectivity index (χ4v) is 1.95. The van der Waals surface area contributed by atoms with Crippen LogP contribution in [0.25, 0.3) is 0 Å². The zero-order valence-corrected chi connectivity index (χ0v) is 12.5. The molecule has 0 amide bonds. The smallest absolute Gasteiger partial charge is 0.138 e. The second kappa shape index (κ2) is 9.18. The summed E-state index contributed by atoms with van der Waals surface area (Å²) in [4.78, 5) is 0. The van der Waals surface area contributed by atoms with Crippen LogP contribution in [0.1, 0.15) is 33.1 Å². The Kier molecular flexibility index (Phi) is 7.87. The second-order valence-corrected chi connectivity index (χ2v) is 5.25. The van der Waals surface area contributed by atoms with E-state index in [0.29, 0.717) is 23.4 Å². The van der Waals surface area contributed by atoms with Gasteiger partial charge in [0.15, 0.2) is 0 Å². The molecule has 0 aliphatic heterocycles. The van der Waals surface area contributed by atoms with Crippen molar-refractivity contribution in [1.29, 1.82) is 0 Å². The van der Waals surface area contributed by atoms with Gasteiger partial charge in [-0.25, -0.2) is 0 Å². The van der Waals surface area contributed by atoms with Crippen LogP contribution < -0.4 is 10.1 Å². The van der Waals surface area contributed by atoms with Crippen molar-refractivity contribution in [3.8, 4) is 5.75 Å². The van der Waals surface area contributed by atoms with Crippen LogP contribution in [-0.4, -0.2) is 30.4 Å². The number of ether oxygens (including phenoxy) is 1. The Morgan fingerprint density at radius 3 is 2.79 bits per heavy atom. The monoisotopic (exact) mass is 285 g/mol.